The zero-order chi connectivity index (χ0) is 19.2. The first-order valence-corrected chi connectivity index (χ1v) is 11.4. The summed E-state index contributed by atoms with van der Waals surface area (Å²) >= 11 is 1.52. The Bertz CT molecular complexity index is 766. The summed E-state index contributed by atoms with van der Waals surface area (Å²) in [6, 6.07) is 10.4. The van der Waals surface area contributed by atoms with Crippen LogP contribution in [0.25, 0.3) is 0 Å². The van der Waals surface area contributed by atoms with Crippen molar-refractivity contribution in [3.63, 3.8) is 0 Å². The third kappa shape index (κ3) is 4.94. The molecule has 0 aliphatic carbocycles. The van der Waals surface area contributed by atoms with Gasteiger partial charge in [-0.3, -0.25) is 9.69 Å². The van der Waals surface area contributed by atoms with E-state index in [-0.39, 0.29) is 5.91 Å². The minimum atomic E-state index is 0.217. The molecule has 1 aromatic carbocycles. The Morgan fingerprint density at radius 1 is 0.893 bits per heavy atom. The zero-order valence-electron chi connectivity index (χ0n) is 16.4. The van der Waals surface area contributed by atoms with Crippen molar-refractivity contribution in [2.45, 2.75) is 50.4 Å². The van der Waals surface area contributed by atoms with Gasteiger partial charge in [0.1, 0.15) is 5.82 Å². The molecule has 0 N–H and O–H groups in total. The summed E-state index contributed by atoms with van der Waals surface area (Å²) in [6.07, 6.45) is 6.10. The van der Waals surface area contributed by atoms with Gasteiger partial charge < -0.3 is 9.47 Å². The van der Waals surface area contributed by atoms with E-state index in [1.807, 2.05) is 11.0 Å². The van der Waals surface area contributed by atoms with Gasteiger partial charge in [-0.15, -0.1) is 10.2 Å². The number of piperidine rings is 1. The summed E-state index contributed by atoms with van der Waals surface area (Å²) in [7, 11) is 0. The third-order valence-corrected chi connectivity index (χ3v) is 6.53. The van der Waals surface area contributed by atoms with Gasteiger partial charge in [0.2, 0.25) is 5.91 Å². The molecule has 4 rings (SSSR count). The predicted molar refractivity (Wildman–Crippen MR) is 111 cm³/mol. The highest BCUT2D eigenvalue weighted by atomic mass is 32.2. The molecule has 2 aliphatic rings. The summed E-state index contributed by atoms with van der Waals surface area (Å²) in [4.78, 5) is 16.9. The highest BCUT2D eigenvalue weighted by molar-refractivity contribution is 7.99. The second-order valence-corrected chi connectivity index (χ2v) is 8.63. The van der Waals surface area contributed by atoms with E-state index in [1.54, 1.807) is 0 Å². The van der Waals surface area contributed by atoms with Crippen molar-refractivity contribution < 1.29 is 4.79 Å². The summed E-state index contributed by atoms with van der Waals surface area (Å²) in [5.74, 6) is 1.66. The van der Waals surface area contributed by atoms with Crippen LogP contribution in [0.5, 0.6) is 0 Å². The molecule has 1 aromatic heterocycles. The lowest BCUT2D eigenvalue weighted by atomic mass is 10.1. The predicted octanol–water partition coefficient (Wildman–Crippen LogP) is 3.03. The number of rotatable bonds is 7. The van der Waals surface area contributed by atoms with E-state index in [1.165, 1.54) is 36.6 Å². The monoisotopic (exact) mass is 399 g/mol. The number of amides is 1. The number of benzene rings is 1. The quantitative estimate of drug-likeness (QED) is 0.670. The number of hydrogen-bond acceptors (Lipinski definition) is 5. The maximum absolute atomic E-state index is 12.5. The van der Waals surface area contributed by atoms with Crippen molar-refractivity contribution in [3.05, 3.63) is 41.7 Å². The topological polar surface area (TPSA) is 54.3 Å². The summed E-state index contributed by atoms with van der Waals surface area (Å²) < 4.78 is 2.20. The molecular formula is C21H29N5OS. The molecule has 0 spiro atoms. The first-order chi connectivity index (χ1) is 13.8. The van der Waals surface area contributed by atoms with Crippen LogP contribution in [0.4, 0.5) is 0 Å². The van der Waals surface area contributed by atoms with Crippen LogP contribution in [-0.2, 0) is 17.9 Å². The highest BCUT2D eigenvalue weighted by Gasteiger charge is 2.21. The van der Waals surface area contributed by atoms with Crippen LogP contribution in [0.15, 0.2) is 35.5 Å². The SMILES string of the molecule is O=C(CSc1nnc(CN2CCCCC2)n1Cc1ccccc1)N1CCCC1. The third-order valence-electron chi connectivity index (χ3n) is 5.57. The maximum Gasteiger partial charge on any atom is 0.233 e. The fourth-order valence-corrected chi connectivity index (χ4v) is 4.83. The fourth-order valence-electron chi connectivity index (χ4n) is 3.97. The van der Waals surface area contributed by atoms with Crippen LogP contribution in [-0.4, -0.2) is 62.4 Å². The van der Waals surface area contributed by atoms with Gasteiger partial charge in [0.05, 0.1) is 18.8 Å². The molecule has 0 saturated carbocycles. The lowest BCUT2D eigenvalue weighted by Gasteiger charge is -2.26. The van der Waals surface area contributed by atoms with Gasteiger partial charge in [0.25, 0.3) is 0 Å². The molecule has 0 radical (unpaired) electrons. The minimum absolute atomic E-state index is 0.217. The number of nitrogens with zero attached hydrogens (tertiary/aromatic N) is 5. The largest absolute Gasteiger partial charge is 0.342 e. The molecule has 1 amide bonds. The van der Waals surface area contributed by atoms with Crippen LogP contribution in [0.2, 0.25) is 0 Å². The molecule has 28 heavy (non-hydrogen) atoms. The van der Waals surface area contributed by atoms with Crippen LogP contribution in [0, 0.1) is 0 Å². The van der Waals surface area contributed by atoms with E-state index in [2.05, 4.69) is 43.9 Å². The van der Waals surface area contributed by atoms with Gasteiger partial charge >= 0.3 is 0 Å². The van der Waals surface area contributed by atoms with Crippen LogP contribution in [0.3, 0.4) is 0 Å². The average Bonchev–Trinajstić information content (AvgIpc) is 3.39. The lowest BCUT2D eigenvalue weighted by molar-refractivity contribution is -0.127. The van der Waals surface area contributed by atoms with Gasteiger partial charge in [-0.05, 0) is 44.3 Å². The first-order valence-electron chi connectivity index (χ1n) is 10.4. The van der Waals surface area contributed by atoms with E-state index >= 15 is 0 Å². The first kappa shape index (κ1) is 19.5. The van der Waals surface area contributed by atoms with E-state index in [9.17, 15) is 4.79 Å². The summed E-state index contributed by atoms with van der Waals surface area (Å²) in [5.41, 5.74) is 1.23. The molecule has 2 aromatic rings. The van der Waals surface area contributed by atoms with Crippen molar-refractivity contribution in [1.82, 2.24) is 24.6 Å². The Labute approximate surface area is 171 Å². The van der Waals surface area contributed by atoms with Gasteiger partial charge in [-0.25, -0.2) is 0 Å². The average molecular weight is 400 g/mol. The van der Waals surface area contributed by atoms with E-state index < -0.39 is 0 Å². The summed E-state index contributed by atoms with van der Waals surface area (Å²) in [6.45, 7) is 5.65. The van der Waals surface area contributed by atoms with Gasteiger partial charge in [0, 0.05) is 13.1 Å². The molecule has 2 fully saturated rings. The molecule has 0 unspecified atom stereocenters. The molecule has 7 heteroatoms. The number of thioether (sulfide) groups is 1. The molecule has 6 nitrogen and oxygen atoms in total. The Morgan fingerprint density at radius 2 is 1.61 bits per heavy atom. The van der Waals surface area contributed by atoms with Crippen molar-refractivity contribution in [2.75, 3.05) is 31.9 Å². The van der Waals surface area contributed by atoms with Crippen LogP contribution >= 0.6 is 11.8 Å². The Morgan fingerprint density at radius 3 is 2.36 bits per heavy atom. The van der Waals surface area contributed by atoms with E-state index in [0.29, 0.717) is 5.75 Å². The smallest absolute Gasteiger partial charge is 0.233 e. The minimum Gasteiger partial charge on any atom is -0.342 e. The normalized spacial score (nSPS) is 17.9. The van der Waals surface area contributed by atoms with E-state index in [4.69, 9.17) is 0 Å². The summed E-state index contributed by atoms with van der Waals surface area (Å²) in [5, 5.41) is 9.81. The van der Waals surface area contributed by atoms with Crippen molar-refractivity contribution >= 4 is 17.7 Å². The number of carbonyl (C=O) groups excluding carboxylic acids is 1. The molecule has 3 heterocycles. The Balaban J connectivity index is 1.48. The van der Waals surface area contributed by atoms with Gasteiger partial charge in [-0.2, -0.15) is 0 Å². The zero-order valence-corrected chi connectivity index (χ0v) is 17.2. The Hall–Kier alpha value is -1.86. The molecule has 2 saturated heterocycles. The highest BCUT2D eigenvalue weighted by Crippen LogP contribution is 2.22. The molecule has 0 bridgehead atoms. The van der Waals surface area contributed by atoms with Crippen molar-refractivity contribution in [1.29, 1.82) is 0 Å². The Kier molecular flexibility index (Phi) is 6.65. The molecule has 150 valence electrons. The van der Waals surface area contributed by atoms with Gasteiger partial charge in [0.15, 0.2) is 5.16 Å². The lowest BCUT2D eigenvalue weighted by Crippen LogP contribution is -2.30. The number of likely N-dealkylation sites (tertiary alicyclic amines) is 2. The van der Waals surface area contributed by atoms with Crippen LogP contribution < -0.4 is 0 Å². The second kappa shape index (κ2) is 9.56. The maximum atomic E-state index is 12.5. The second-order valence-electron chi connectivity index (χ2n) is 7.68. The van der Waals surface area contributed by atoms with Gasteiger partial charge in [-0.1, -0.05) is 48.5 Å². The number of hydrogen-bond donors (Lipinski definition) is 0. The number of carbonyl (C=O) groups is 1. The van der Waals surface area contributed by atoms with Crippen LogP contribution in [0.1, 0.15) is 43.5 Å². The fraction of sp³-hybridized carbons (Fsp3) is 0.571. The molecular weight excluding hydrogens is 370 g/mol. The number of aromatic nitrogens is 3. The van der Waals surface area contributed by atoms with E-state index in [0.717, 1.165) is 63.1 Å². The molecule has 0 atom stereocenters. The standard InChI is InChI=1S/C21H29N5OS/c27-20(25-13-7-8-14-25)17-28-21-23-22-19(16-24-11-5-2-6-12-24)26(21)15-18-9-3-1-4-10-18/h1,3-4,9-10H,2,5-8,11-17H2. The van der Waals surface area contributed by atoms with Crippen molar-refractivity contribution in [2.24, 2.45) is 0 Å². The molecule has 2 aliphatic heterocycles. The van der Waals surface area contributed by atoms with Crippen molar-refractivity contribution in [3.8, 4) is 0 Å².